The van der Waals surface area contributed by atoms with E-state index in [1.54, 1.807) is 29.3 Å². The molecule has 0 radical (unpaired) electrons. The third kappa shape index (κ3) is 4.88. The van der Waals surface area contributed by atoms with Gasteiger partial charge in [0, 0.05) is 23.2 Å². The van der Waals surface area contributed by atoms with Gasteiger partial charge in [0.25, 0.3) is 0 Å². The molecule has 0 aliphatic carbocycles. The normalized spacial score (nSPS) is 10.0. The van der Waals surface area contributed by atoms with Crippen molar-refractivity contribution in [1.29, 1.82) is 0 Å². The van der Waals surface area contributed by atoms with Crippen LogP contribution in [0.25, 0.3) is 0 Å². The van der Waals surface area contributed by atoms with Crippen LogP contribution >= 0.6 is 34.7 Å². The molecular formula is C14H12ClNOS2. The van der Waals surface area contributed by atoms with Crippen LogP contribution in [0.2, 0.25) is 5.02 Å². The maximum atomic E-state index is 8.66. The number of rotatable bonds is 4. The summed E-state index contributed by atoms with van der Waals surface area (Å²) in [5, 5.41) is 10.3. The lowest BCUT2D eigenvalue weighted by atomic mass is 10.4. The van der Waals surface area contributed by atoms with E-state index in [1.165, 1.54) is 4.88 Å². The van der Waals surface area contributed by atoms with Crippen LogP contribution in [0.5, 0.6) is 0 Å². The second kappa shape index (κ2) is 7.56. The summed E-state index contributed by atoms with van der Waals surface area (Å²) in [4.78, 5) is 6.54. The van der Waals surface area contributed by atoms with Gasteiger partial charge in [0.15, 0.2) is 0 Å². The Morgan fingerprint density at radius 1 is 1.32 bits per heavy atom. The van der Waals surface area contributed by atoms with Gasteiger partial charge in [0.1, 0.15) is 0 Å². The van der Waals surface area contributed by atoms with Crippen molar-refractivity contribution in [1.82, 2.24) is 4.98 Å². The summed E-state index contributed by atoms with van der Waals surface area (Å²) in [6.45, 7) is 0.114. The Kier molecular flexibility index (Phi) is 5.74. The van der Waals surface area contributed by atoms with Gasteiger partial charge in [-0.2, -0.15) is 0 Å². The van der Waals surface area contributed by atoms with E-state index in [0.717, 1.165) is 15.7 Å². The molecule has 5 heteroatoms. The summed E-state index contributed by atoms with van der Waals surface area (Å²) in [6, 6.07) is 7.86. The predicted molar refractivity (Wildman–Crippen MR) is 81.7 cm³/mol. The number of hydrogen-bond acceptors (Lipinski definition) is 4. The largest absolute Gasteiger partial charge is 0.395 e. The van der Waals surface area contributed by atoms with E-state index in [4.69, 9.17) is 16.7 Å². The molecule has 2 aromatic heterocycles. The van der Waals surface area contributed by atoms with Gasteiger partial charge in [0.2, 0.25) is 0 Å². The first-order valence-corrected chi connectivity index (χ1v) is 7.89. The first-order valence-electron chi connectivity index (χ1n) is 5.71. The lowest BCUT2D eigenvalue weighted by Gasteiger charge is -1.98. The molecule has 0 saturated heterocycles. The number of aromatic nitrogens is 1. The quantitative estimate of drug-likeness (QED) is 0.688. The van der Waals surface area contributed by atoms with E-state index in [1.807, 2.05) is 18.2 Å². The number of aliphatic hydroxyl groups excluding tert-OH is 1. The Bertz CT molecular complexity index is 583. The van der Waals surface area contributed by atoms with E-state index in [9.17, 15) is 0 Å². The molecular weight excluding hydrogens is 298 g/mol. The molecule has 2 aromatic rings. The molecule has 2 heterocycles. The zero-order valence-electron chi connectivity index (χ0n) is 10.1. The molecule has 0 amide bonds. The summed E-state index contributed by atoms with van der Waals surface area (Å²) in [5.41, 5.74) is 0. The first kappa shape index (κ1) is 14.4. The van der Waals surface area contributed by atoms with Gasteiger partial charge in [-0.15, -0.1) is 23.1 Å². The Hall–Kier alpha value is -0.990. The van der Waals surface area contributed by atoms with Crippen LogP contribution in [-0.2, 0) is 5.75 Å². The molecule has 0 unspecified atom stereocenters. The van der Waals surface area contributed by atoms with Gasteiger partial charge in [-0.25, -0.2) is 4.98 Å². The van der Waals surface area contributed by atoms with Crippen molar-refractivity contribution in [3.05, 3.63) is 45.2 Å². The Labute approximate surface area is 125 Å². The molecule has 0 saturated carbocycles. The van der Waals surface area contributed by atoms with E-state index >= 15 is 0 Å². The third-order valence-corrected chi connectivity index (χ3v) is 4.57. The molecule has 2 rings (SSSR count). The van der Waals surface area contributed by atoms with Gasteiger partial charge < -0.3 is 5.11 Å². The smallest absolute Gasteiger partial charge is 0.0964 e. The minimum atomic E-state index is 0.114. The Morgan fingerprint density at radius 3 is 2.95 bits per heavy atom. The van der Waals surface area contributed by atoms with Crippen LogP contribution in [0.3, 0.4) is 0 Å². The van der Waals surface area contributed by atoms with E-state index < -0.39 is 0 Å². The van der Waals surface area contributed by atoms with Gasteiger partial charge in [-0.1, -0.05) is 23.4 Å². The molecule has 0 atom stereocenters. The van der Waals surface area contributed by atoms with Crippen LogP contribution in [-0.4, -0.2) is 16.7 Å². The Balaban J connectivity index is 1.90. The maximum absolute atomic E-state index is 8.66. The highest BCUT2D eigenvalue weighted by atomic mass is 35.5. The van der Waals surface area contributed by atoms with E-state index in [2.05, 4.69) is 22.9 Å². The van der Waals surface area contributed by atoms with Crippen molar-refractivity contribution in [3.63, 3.8) is 0 Å². The van der Waals surface area contributed by atoms with Crippen molar-refractivity contribution in [3.8, 4) is 11.8 Å². The molecule has 1 N–H and O–H groups in total. The number of thiophene rings is 1. The highest BCUT2D eigenvalue weighted by Crippen LogP contribution is 2.25. The summed E-state index contributed by atoms with van der Waals surface area (Å²) < 4.78 is 0. The number of aliphatic hydroxyl groups is 1. The maximum Gasteiger partial charge on any atom is 0.0964 e. The molecule has 0 bridgehead atoms. The van der Waals surface area contributed by atoms with Crippen LogP contribution in [0.4, 0.5) is 0 Å². The highest BCUT2D eigenvalue weighted by molar-refractivity contribution is 7.98. The number of pyridine rings is 1. The van der Waals surface area contributed by atoms with Gasteiger partial charge in [-0.05, 0) is 24.3 Å². The third-order valence-electron chi connectivity index (χ3n) is 2.17. The molecule has 98 valence electrons. The fourth-order valence-electron chi connectivity index (χ4n) is 1.32. The average molecular weight is 310 g/mol. The summed E-state index contributed by atoms with van der Waals surface area (Å²) in [7, 11) is 0. The standard InChI is InChI=1S/C14H12ClNOS2/c15-11-4-7-14(16-9-11)18-10-13-6-5-12(19-13)3-1-2-8-17/h4-7,9,17H,2,8,10H2. The van der Waals surface area contributed by atoms with Crippen LogP contribution < -0.4 is 0 Å². The minimum Gasteiger partial charge on any atom is -0.395 e. The predicted octanol–water partition coefficient (Wildman–Crippen LogP) is 3.82. The Morgan fingerprint density at radius 2 is 2.21 bits per heavy atom. The van der Waals surface area contributed by atoms with Gasteiger partial charge in [0.05, 0.1) is 21.5 Å². The van der Waals surface area contributed by atoms with Crippen LogP contribution in [0.15, 0.2) is 35.5 Å². The number of thioether (sulfide) groups is 1. The van der Waals surface area contributed by atoms with Crippen LogP contribution in [0, 0.1) is 11.8 Å². The van der Waals surface area contributed by atoms with Crippen molar-refractivity contribution < 1.29 is 5.11 Å². The highest BCUT2D eigenvalue weighted by Gasteiger charge is 2.01. The average Bonchev–Trinajstić information content (AvgIpc) is 2.86. The SMILES string of the molecule is OCCC#Cc1ccc(CSc2ccc(Cl)cn2)s1. The van der Waals surface area contributed by atoms with E-state index in [-0.39, 0.29) is 6.61 Å². The topological polar surface area (TPSA) is 33.1 Å². The van der Waals surface area contributed by atoms with Crippen molar-refractivity contribution in [2.75, 3.05) is 6.61 Å². The molecule has 0 aromatic carbocycles. The second-order valence-corrected chi connectivity index (χ2v) is 6.25. The lowest BCUT2D eigenvalue weighted by molar-refractivity contribution is 0.305. The van der Waals surface area contributed by atoms with Crippen LogP contribution in [0.1, 0.15) is 16.2 Å². The van der Waals surface area contributed by atoms with E-state index in [0.29, 0.717) is 11.4 Å². The zero-order chi connectivity index (χ0) is 13.5. The molecule has 0 spiro atoms. The summed E-state index contributed by atoms with van der Waals surface area (Å²) in [6.07, 6.45) is 2.18. The summed E-state index contributed by atoms with van der Waals surface area (Å²) in [5.74, 6) is 6.84. The van der Waals surface area contributed by atoms with Crippen molar-refractivity contribution >= 4 is 34.7 Å². The number of nitrogens with zero attached hydrogens (tertiary/aromatic N) is 1. The van der Waals surface area contributed by atoms with Crippen molar-refractivity contribution in [2.24, 2.45) is 0 Å². The minimum absolute atomic E-state index is 0.114. The monoisotopic (exact) mass is 309 g/mol. The first-order chi connectivity index (χ1) is 9.28. The lowest BCUT2D eigenvalue weighted by Crippen LogP contribution is -1.79. The fourth-order valence-corrected chi connectivity index (χ4v) is 3.20. The number of hydrogen-bond donors (Lipinski definition) is 1. The van der Waals surface area contributed by atoms with Crippen molar-refractivity contribution in [2.45, 2.75) is 17.2 Å². The fraction of sp³-hybridized carbons (Fsp3) is 0.214. The molecule has 0 aliphatic heterocycles. The molecule has 0 fully saturated rings. The van der Waals surface area contributed by atoms with Gasteiger partial charge >= 0.3 is 0 Å². The summed E-state index contributed by atoms with van der Waals surface area (Å²) >= 11 is 9.14. The second-order valence-electron chi connectivity index (χ2n) is 3.64. The number of halogens is 1. The zero-order valence-corrected chi connectivity index (χ0v) is 12.5. The molecule has 0 aliphatic rings. The van der Waals surface area contributed by atoms with Gasteiger partial charge in [-0.3, -0.25) is 0 Å². The molecule has 19 heavy (non-hydrogen) atoms. The molecule has 2 nitrogen and oxygen atoms in total.